The van der Waals surface area contributed by atoms with Crippen LogP contribution in [0.4, 0.5) is 0 Å². The zero-order valence-corrected chi connectivity index (χ0v) is 22.4. The Morgan fingerprint density at radius 1 is 1.07 bits per heavy atom. The summed E-state index contributed by atoms with van der Waals surface area (Å²) in [6, 6.07) is 6.77. The molecule has 0 bridgehead atoms. The average molecular weight is 571 g/mol. The number of ketones is 1. The number of hydrogen-bond donors (Lipinski definition) is 5. The zero-order chi connectivity index (χ0) is 30.0. The number of carbonyl (C=O) groups is 2. The van der Waals surface area contributed by atoms with Crippen molar-refractivity contribution in [1.82, 2.24) is 0 Å². The summed E-state index contributed by atoms with van der Waals surface area (Å²) < 4.78 is 22.2. The second-order valence-electron chi connectivity index (χ2n) is 9.71. The van der Waals surface area contributed by atoms with E-state index < -0.39 is 54.3 Å². The van der Waals surface area contributed by atoms with E-state index in [4.69, 9.17) is 18.6 Å². The number of aliphatic hydroxyl groups excluding tert-OH is 3. The lowest BCUT2D eigenvalue weighted by Crippen LogP contribution is -2.56. The van der Waals surface area contributed by atoms with Crippen molar-refractivity contribution in [1.29, 1.82) is 0 Å². The van der Waals surface area contributed by atoms with Gasteiger partial charge in [0.1, 0.15) is 47.3 Å². The van der Waals surface area contributed by atoms with Gasteiger partial charge in [0.05, 0.1) is 31.1 Å². The van der Waals surface area contributed by atoms with E-state index in [0.29, 0.717) is 11.1 Å². The maximum absolute atomic E-state index is 13.0. The molecule has 0 unspecified atom stereocenters. The molecule has 12 nitrogen and oxygen atoms in total. The summed E-state index contributed by atoms with van der Waals surface area (Å²) in [5.74, 6) is -1.62. The lowest BCUT2D eigenvalue weighted by atomic mass is 9.89. The molecule has 3 aromatic rings. The molecule has 0 radical (unpaired) electrons. The van der Waals surface area contributed by atoms with Crippen LogP contribution in [0.25, 0.3) is 17.0 Å². The number of Topliss-reactive ketones (excluding diaryl/α,β-unsaturated/α-hetero) is 1. The van der Waals surface area contributed by atoms with Gasteiger partial charge in [0.25, 0.3) is 0 Å². The summed E-state index contributed by atoms with van der Waals surface area (Å²) in [5, 5.41) is 52.1. The first kappa shape index (κ1) is 29.7. The van der Waals surface area contributed by atoms with Gasteiger partial charge in [0.2, 0.25) is 0 Å². The van der Waals surface area contributed by atoms with Gasteiger partial charge in [-0.3, -0.25) is 9.59 Å². The third kappa shape index (κ3) is 6.10. The van der Waals surface area contributed by atoms with Crippen molar-refractivity contribution in [2.24, 2.45) is 0 Å². The fourth-order valence-corrected chi connectivity index (χ4v) is 4.77. The van der Waals surface area contributed by atoms with Gasteiger partial charge in [0.15, 0.2) is 23.0 Å². The number of benzene rings is 2. The Labute approximate surface area is 233 Å². The van der Waals surface area contributed by atoms with Crippen LogP contribution in [-0.4, -0.2) is 75.4 Å². The Kier molecular flexibility index (Phi) is 8.78. The molecular weight excluding hydrogens is 540 g/mol. The first-order valence-corrected chi connectivity index (χ1v) is 12.6. The predicted octanol–water partition coefficient (Wildman–Crippen LogP) is 1.43. The summed E-state index contributed by atoms with van der Waals surface area (Å²) in [6.45, 7) is 2.14. The number of fused-ring (bicyclic) bond motifs is 1. The molecule has 5 atom stereocenters. The van der Waals surface area contributed by atoms with E-state index in [0.717, 1.165) is 12.1 Å². The van der Waals surface area contributed by atoms with Crippen molar-refractivity contribution in [2.45, 2.75) is 50.8 Å². The van der Waals surface area contributed by atoms with Crippen LogP contribution in [0.3, 0.4) is 0 Å². The van der Waals surface area contributed by atoms with Crippen molar-refractivity contribution in [2.75, 3.05) is 13.7 Å². The van der Waals surface area contributed by atoms with Crippen molar-refractivity contribution >= 4 is 28.8 Å². The number of hydrogen-bond acceptors (Lipinski definition) is 12. The van der Waals surface area contributed by atoms with Crippen LogP contribution in [-0.2, 0) is 25.5 Å². The molecule has 0 spiro atoms. The minimum absolute atomic E-state index is 0.0113. The molecule has 1 saturated heterocycles. The van der Waals surface area contributed by atoms with Crippen LogP contribution in [0.1, 0.15) is 35.5 Å². The number of ether oxygens (including phenoxy) is 3. The second-order valence-corrected chi connectivity index (χ2v) is 9.71. The van der Waals surface area contributed by atoms with Crippen molar-refractivity contribution in [3.05, 3.63) is 69.1 Å². The van der Waals surface area contributed by atoms with Gasteiger partial charge in [-0.05, 0) is 49.2 Å². The van der Waals surface area contributed by atoms with E-state index in [9.17, 15) is 39.9 Å². The molecule has 0 aliphatic carbocycles. The Balaban J connectivity index is 1.78. The predicted molar refractivity (Wildman–Crippen MR) is 144 cm³/mol. The highest BCUT2D eigenvalue weighted by molar-refractivity contribution is 5.88. The number of esters is 1. The monoisotopic (exact) mass is 570 g/mol. The Morgan fingerprint density at radius 2 is 1.80 bits per heavy atom. The molecule has 5 N–H and O–H groups in total. The smallest absolute Gasteiger partial charge is 0.331 e. The van der Waals surface area contributed by atoms with Gasteiger partial charge in [-0.15, -0.1) is 0 Å². The number of carbonyl (C=O) groups excluding carboxylic acids is 2. The van der Waals surface area contributed by atoms with Crippen LogP contribution >= 0.6 is 0 Å². The summed E-state index contributed by atoms with van der Waals surface area (Å²) >= 11 is 0. The van der Waals surface area contributed by atoms with Gasteiger partial charge in [-0.1, -0.05) is 6.07 Å². The average Bonchev–Trinajstić information content (AvgIpc) is 2.91. The van der Waals surface area contributed by atoms with Gasteiger partial charge in [-0.2, -0.15) is 0 Å². The van der Waals surface area contributed by atoms with Crippen molar-refractivity contribution in [3.63, 3.8) is 0 Å². The summed E-state index contributed by atoms with van der Waals surface area (Å²) in [6.07, 6.45) is -5.82. The molecule has 218 valence electrons. The lowest BCUT2D eigenvalue weighted by molar-refractivity contribution is -0.239. The van der Waals surface area contributed by atoms with Gasteiger partial charge < -0.3 is 44.2 Å². The van der Waals surface area contributed by atoms with E-state index in [1.54, 1.807) is 6.92 Å². The number of phenolic OH excluding ortho intramolecular Hbond substituents is 2. The second kappa shape index (κ2) is 12.1. The van der Waals surface area contributed by atoms with E-state index in [2.05, 4.69) is 0 Å². The SMILES string of the molecule is COc1cc(/C=C/C(=O)O[C@@H]2[C@@H](O)[C@H](O)[C@@H](CO)O[C@H]2c2c(O)cc(C)c3c(=O)cc(CC(C)=O)oc23)ccc1O. The Bertz CT molecular complexity index is 1560. The number of aliphatic hydroxyl groups is 3. The van der Waals surface area contributed by atoms with Crippen LogP contribution in [0.5, 0.6) is 17.2 Å². The van der Waals surface area contributed by atoms with E-state index >= 15 is 0 Å². The molecule has 1 aromatic heterocycles. The molecule has 1 aliphatic rings. The van der Waals surface area contributed by atoms with Gasteiger partial charge in [-0.25, -0.2) is 4.79 Å². The molecule has 12 heteroatoms. The number of phenols is 2. The number of methoxy groups -OCH3 is 1. The molecule has 0 amide bonds. The lowest BCUT2D eigenvalue weighted by Gasteiger charge is -2.42. The molecule has 2 aromatic carbocycles. The molecular formula is C29H30O12. The van der Waals surface area contributed by atoms with E-state index in [1.165, 1.54) is 44.4 Å². The first-order chi connectivity index (χ1) is 19.4. The fraction of sp³-hybridized carbons (Fsp3) is 0.345. The Hall–Kier alpha value is -4.23. The van der Waals surface area contributed by atoms with E-state index in [-0.39, 0.29) is 46.0 Å². The van der Waals surface area contributed by atoms with Crippen LogP contribution < -0.4 is 10.2 Å². The topological polar surface area (TPSA) is 193 Å². The maximum atomic E-state index is 13.0. The summed E-state index contributed by atoms with van der Waals surface area (Å²) in [4.78, 5) is 37.6. The number of aromatic hydroxyl groups is 2. The van der Waals surface area contributed by atoms with E-state index in [1.807, 2.05) is 0 Å². The summed E-state index contributed by atoms with van der Waals surface area (Å²) in [5.41, 5.74) is -0.0276. The molecule has 4 rings (SSSR count). The van der Waals surface area contributed by atoms with Gasteiger partial charge >= 0.3 is 5.97 Å². The minimum atomic E-state index is -1.79. The molecule has 0 saturated carbocycles. The number of aryl methyl sites for hydroxylation is 1. The molecule has 1 fully saturated rings. The van der Waals surface area contributed by atoms with Crippen LogP contribution in [0.2, 0.25) is 0 Å². The third-order valence-corrected chi connectivity index (χ3v) is 6.71. The number of rotatable bonds is 8. The molecule has 1 aliphatic heterocycles. The van der Waals surface area contributed by atoms with Crippen LogP contribution in [0.15, 0.2) is 45.6 Å². The highest BCUT2D eigenvalue weighted by Gasteiger charge is 2.48. The largest absolute Gasteiger partial charge is 0.507 e. The van der Waals surface area contributed by atoms with Crippen molar-refractivity contribution in [3.8, 4) is 17.2 Å². The quantitative estimate of drug-likeness (QED) is 0.194. The highest BCUT2D eigenvalue weighted by Crippen LogP contribution is 2.42. The zero-order valence-electron chi connectivity index (χ0n) is 22.4. The minimum Gasteiger partial charge on any atom is -0.507 e. The molecule has 41 heavy (non-hydrogen) atoms. The van der Waals surface area contributed by atoms with Crippen molar-refractivity contribution < 1.29 is 53.7 Å². The fourth-order valence-electron chi connectivity index (χ4n) is 4.77. The normalized spacial score (nSPS) is 22.6. The third-order valence-electron chi connectivity index (χ3n) is 6.71. The summed E-state index contributed by atoms with van der Waals surface area (Å²) in [7, 11) is 1.36. The molecule has 2 heterocycles. The standard InChI is InChI=1S/C29H30O12/c1-13-8-18(33)24(27-23(13)19(34)11-16(39-27)9-14(2)31)28-29(26(37)25(36)21(12-30)40-28)41-22(35)7-5-15-4-6-17(32)20(10-15)38-3/h4-8,10-11,21,25-26,28-30,32-33,36-37H,9,12H2,1-3H3/b7-5+/t21-,25-,26+,28+,29-/m1/s1. The first-order valence-electron chi connectivity index (χ1n) is 12.6. The highest BCUT2D eigenvalue weighted by atomic mass is 16.6. The maximum Gasteiger partial charge on any atom is 0.331 e. The van der Waals surface area contributed by atoms with Gasteiger partial charge in [0, 0.05) is 12.1 Å². The Morgan fingerprint density at radius 3 is 2.46 bits per heavy atom. The van der Waals surface area contributed by atoms with Crippen LogP contribution in [0, 0.1) is 6.92 Å².